The van der Waals surface area contributed by atoms with Gasteiger partial charge in [-0.25, -0.2) is 4.79 Å². The van der Waals surface area contributed by atoms with Crippen LogP contribution in [0.1, 0.15) is 20.8 Å². The number of ether oxygens (including phenoxy) is 1. The summed E-state index contributed by atoms with van der Waals surface area (Å²) in [7, 11) is 0. The van der Waals surface area contributed by atoms with Gasteiger partial charge in [-0.2, -0.15) is 23.0 Å². The summed E-state index contributed by atoms with van der Waals surface area (Å²) in [6, 6.07) is 4.82. The van der Waals surface area contributed by atoms with E-state index in [1.807, 2.05) is 0 Å². The van der Waals surface area contributed by atoms with Gasteiger partial charge in [-0.3, -0.25) is 4.98 Å². The number of carbonyl (C=O) groups is 1. The Kier molecular flexibility index (Phi) is 4.96. The molecule has 0 radical (unpaired) electrons. The zero-order valence-corrected chi connectivity index (χ0v) is 17.6. The third-order valence-electron chi connectivity index (χ3n) is 4.54. The Labute approximate surface area is 180 Å². The Morgan fingerprint density at radius 3 is 2.58 bits per heavy atom. The van der Waals surface area contributed by atoms with Crippen molar-refractivity contribution >= 4 is 39.5 Å². The summed E-state index contributed by atoms with van der Waals surface area (Å²) in [4.78, 5) is 16.3. The van der Waals surface area contributed by atoms with Gasteiger partial charge < -0.3 is 9.30 Å². The molecule has 10 heteroatoms. The molecule has 0 aliphatic carbocycles. The third-order valence-corrected chi connectivity index (χ3v) is 4.76. The highest BCUT2D eigenvalue weighted by atomic mass is 35.5. The summed E-state index contributed by atoms with van der Waals surface area (Å²) >= 11 is 6.31. The zero-order chi connectivity index (χ0) is 22.6. The molecular formula is C21H18ClF3N4O2. The molecular weight excluding hydrogens is 433 g/mol. The first-order valence-corrected chi connectivity index (χ1v) is 9.71. The fourth-order valence-corrected chi connectivity index (χ4v) is 3.70. The van der Waals surface area contributed by atoms with Crippen LogP contribution in [-0.4, -0.2) is 37.2 Å². The molecule has 31 heavy (non-hydrogen) atoms. The lowest BCUT2D eigenvalue weighted by Crippen LogP contribution is -2.27. The van der Waals surface area contributed by atoms with Crippen LogP contribution in [0.3, 0.4) is 0 Å². The second-order valence-electron chi connectivity index (χ2n) is 8.10. The number of fused-ring (bicyclic) bond motifs is 3. The smallest absolute Gasteiger partial charge is 0.435 e. The molecule has 0 aliphatic rings. The number of rotatable bonds is 2. The molecule has 0 saturated heterocycles. The second kappa shape index (κ2) is 7.26. The van der Waals surface area contributed by atoms with Gasteiger partial charge in [0, 0.05) is 39.3 Å². The fraction of sp³-hybridized carbons (Fsp3) is 0.286. The normalized spacial score (nSPS) is 12.6. The lowest BCUT2D eigenvalue weighted by Gasteiger charge is -2.18. The van der Waals surface area contributed by atoms with Crippen LogP contribution in [0.4, 0.5) is 18.0 Å². The van der Waals surface area contributed by atoms with Crippen LogP contribution in [0.15, 0.2) is 43.0 Å². The number of nitrogens with zero attached hydrogens (tertiary/aromatic N) is 4. The predicted octanol–water partition coefficient (Wildman–Crippen LogP) is 6.05. The van der Waals surface area contributed by atoms with E-state index in [9.17, 15) is 18.0 Å². The van der Waals surface area contributed by atoms with Crippen molar-refractivity contribution < 1.29 is 22.7 Å². The van der Waals surface area contributed by atoms with E-state index in [1.165, 1.54) is 24.8 Å². The van der Waals surface area contributed by atoms with Gasteiger partial charge in [-0.05, 0) is 39.0 Å². The number of halogens is 4. The van der Waals surface area contributed by atoms with Crippen LogP contribution in [0.25, 0.3) is 32.9 Å². The van der Waals surface area contributed by atoms with Gasteiger partial charge >= 0.3 is 12.3 Å². The molecule has 0 fully saturated rings. The van der Waals surface area contributed by atoms with Gasteiger partial charge in [0.1, 0.15) is 12.1 Å². The number of carbonyl (C=O) groups excluding carboxylic acids is 1. The van der Waals surface area contributed by atoms with Crippen molar-refractivity contribution in [2.24, 2.45) is 0 Å². The SMILES string of the molecule is CC(C)(C)OC(=O)n1cc(-c2cc(Cl)cc3c4ccncc4n(CC(F)(F)F)c23)cn1. The first-order valence-electron chi connectivity index (χ1n) is 9.33. The minimum absolute atomic E-state index is 0.327. The summed E-state index contributed by atoms with van der Waals surface area (Å²) in [5, 5.41) is 5.51. The summed E-state index contributed by atoms with van der Waals surface area (Å²) in [5.41, 5.74) is 0.778. The number of alkyl halides is 3. The maximum absolute atomic E-state index is 13.4. The number of hydrogen-bond donors (Lipinski definition) is 0. The molecule has 0 spiro atoms. The van der Waals surface area contributed by atoms with Gasteiger partial charge in [0.05, 0.1) is 23.4 Å². The first-order chi connectivity index (χ1) is 14.4. The van der Waals surface area contributed by atoms with Gasteiger partial charge in [-0.15, -0.1) is 0 Å². The minimum Gasteiger partial charge on any atom is -0.442 e. The molecule has 0 amide bonds. The molecule has 0 atom stereocenters. The van der Waals surface area contributed by atoms with Crippen molar-refractivity contribution in [2.75, 3.05) is 0 Å². The van der Waals surface area contributed by atoms with Crippen LogP contribution < -0.4 is 0 Å². The third kappa shape index (κ3) is 4.23. The Morgan fingerprint density at radius 2 is 1.90 bits per heavy atom. The van der Waals surface area contributed by atoms with Gasteiger partial charge in [0.25, 0.3) is 0 Å². The van der Waals surface area contributed by atoms with Gasteiger partial charge in [0.2, 0.25) is 0 Å². The van der Waals surface area contributed by atoms with Crippen LogP contribution in [0.5, 0.6) is 0 Å². The molecule has 162 valence electrons. The van der Waals surface area contributed by atoms with Crippen LogP contribution >= 0.6 is 11.6 Å². The zero-order valence-electron chi connectivity index (χ0n) is 16.9. The van der Waals surface area contributed by atoms with E-state index >= 15 is 0 Å². The molecule has 0 aliphatic heterocycles. The predicted molar refractivity (Wildman–Crippen MR) is 111 cm³/mol. The fourth-order valence-electron chi connectivity index (χ4n) is 3.48. The molecule has 6 nitrogen and oxygen atoms in total. The molecule has 4 aromatic rings. The highest BCUT2D eigenvalue weighted by molar-refractivity contribution is 6.32. The quantitative estimate of drug-likeness (QED) is 0.373. The Hall–Kier alpha value is -3.07. The molecule has 4 rings (SSSR count). The Bertz CT molecular complexity index is 1300. The van der Waals surface area contributed by atoms with E-state index in [0.717, 1.165) is 9.25 Å². The van der Waals surface area contributed by atoms with Crippen molar-refractivity contribution in [1.29, 1.82) is 0 Å². The highest BCUT2D eigenvalue weighted by Gasteiger charge is 2.31. The second-order valence-corrected chi connectivity index (χ2v) is 8.53. The van der Waals surface area contributed by atoms with E-state index in [2.05, 4.69) is 10.1 Å². The van der Waals surface area contributed by atoms with Gasteiger partial charge in [-0.1, -0.05) is 11.6 Å². The van der Waals surface area contributed by atoms with Gasteiger partial charge in [0.15, 0.2) is 0 Å². The molecule has 0 bridgehead atoms. The topological polar surface area (TPSA) is 61.9 Å². The molecule has 1 aromatic carbocycles. The summed E-state index contributed by atoms with van der Waals surface area (Å²) in [6.45, 7) is 3.96. The van der Waals surface area contributed by atoms with E-state index in [4.69, 9.17) is 16.3 Å². The van der Waals surface area contributed by atoms with Crippen molar-refractivity contribution in [1.82, 2.24) is 19.3 Å². The first kappa shape index (κ1) is 21.2. The van der Waals surface area contributed by atoms with Crippen LogP contribution in [0, 0.1) is 0 Å². The molecule has 0 unspecified atom stereocenters. The number of pyridine rings is 1. The largest absolute Gasteiger partial charge is 0.442 e. The maximum atomic E-state index is 13.4. The lowest BCUT2D eigenvalue weighted by atomic mass is 10.0. The van der Waals surface area contributed by atoms with Crippen LogP contribution in [-0.2, 0) is 11.3 Å². The Balaban J connectivity index is 1.94. The average molecular weight is 451 g/mol. The molecule has 0 saturated carbocycles. The van der Waals surface area contributed by atoms with E-state index < -0.39 is 24.4 Å². The molecule has 0 N–H and O–H groups in total. The lowest BCUT2D eigenvalue weighted by molar-refractivity contribution is -0.139. The standard InChI is InChI=1S/C21H18ClF3N4O2/c1-20(2,3)31-19(30)29-10-12(8-27-29)15-6-13(22)7-16-14-4-5-26-9-17(14)28(18(15)16)11-21(23,24)25/h4-10H,11H2,1-3H3. The molecule has 3 aromatic heterocycles. The monoisotopic (exact) mass is 450 g/mol. The summed E-state index contributed by atoms with van der Waals surface area (Å²) in [5.74, 6) is 0. The van der Waals surface area contributed by atoms with E-state index in [0.29, 0.717) is 38.0 Å². The molecule has 3 heterocycles. The van der Waals surface area contributed by atoms with Crippen molar-refractivity contribution in [3.05, 3.63) is 48.0 Å². The summed E-state index contributed by atoms with van der Waals surface area (Å²) in [6.07, 6.45) is 0.559. The number of aromatic nitrogens is 4. The minimum atomic E-state index is -4.45. The average Bonchev–Trinajstić information content (AvgIpc) is 3.24. The highest BCUT2D eigenvalue weighted by Crippen LogP contribution is 2.39. The Morgan fingerprint density at radius 1 is 1.16 bits per heavy atom. The van der Waals surface area contributed by atoms with E-state index in [-0.39, 0.29) is 0 Å². The van der Waals surface area contributed by atoms with E-state index in [1.54, 1.807) is 39.0 Å². The van der Waals surface area contributed by atoms with Crippen molar-refractivity contribution in [2.45, 2.75) is 39.1 Å². The maximum Gasteiger partial charge on any atom is 0.435 e. The van der Waals surface area contributed by atoms with Crippen LogP contribution in [0.2, 0.25) is 5.02 Å². The van der Waals surface area contributed by atoms with Crippen molar-refractivity contribution in [3.63, 3.8) is 0 Å². The summed E-state index contributed by atoms with van der Waals surface area (Å²) < 4.78 is 47.7. The number of hydrogen-bond acceptors (Lipinski definition) is 4. The van der Waals surface area contributed by atoms with Crippen molar-refractivity contribution in [3.8, 4) is 11.1 Å². The number of benzene rings is 1.